The summed E-state index contributed by atoms with van der Waals surface area (Å²) in [6.45, 7) is 7.10. The van der Waals surface area contributed by atoms with Gasteiger partial charge in [0.2, 0.25) is 0 Å². The van der Waals surface area contributed by atoms with Crippen LogP contribution in [0.5, 0.6) is 0 Å². The van der Waals surface area contributed by atoms with Crippen molar-refractivity contribution in [2.75, 3.05) is 19.8 Å². The van der Waals surface area contributed by atoms with Crippen LogP contribution in [0.1, 0.15) is 97.8 Å². The van der Waals surface area contributed by atoms with Crippen molar-refractivity contribution in [3.8, 4) is 0 Å². The van der Waals surface area contributed by atoms with Crippen molar-refractivity contribution in [3.63, 3.8) is 0 Å². The topological polar surface area (TPSA) is 71.1 Å². The molecule has 0 aromatic rings. The molecule has 0 spiro atoms. The number of esters is 2. The van der Waals surface area contributed by atoms with Crippen LogP contribution in [0.3, 0.4) is 0 Å². The molecule has 0 aromatic heterocycles. The first kappa shape index (κ1) is 24.9. The summed E-state index contributed by atoms with van der Waals surface area (Å²) < 4.78 is 22.0. The minimum Gasteiger partial charge on any atom is -0.466 e. The third-order valence-corrected chi connectivity index (χ3v) is 4.95. The minimum absolute atomic E-state index is 0.176. The molecule has 0 aromatic carbocycles. The van der Waals surface area contributed by atoms with Crippen LogP contribution >= 0.6 is 0 Å². The highest BCUT2D eigenvalue weighted by atomic mass is 16.7. The fraction of sp³-hybridized carbons (Fsp3) is 0.909. The second-order valence-electron chi connectivity index (χ2n) is 7.81. The van der Waals surface area contributed by atoms with Gasteiger partial charge in [-0.3, -0.25) is 9.59 Å². The Morgan fingerprint density at radius 2 is 1.54 bits per heavy atom. The van der Waals surface area contributed by atoms with Gasteiger partial charge in [-0.2, -0.15) is 0 Å². The van der Waals surface area contributed by atoms with Gasteiger partial charge < -0.3 is 18.9 Å². The van der Waals surface area contributed by atoms with E-state index < -0.39 is 5.79 Å². The standard InChI is InChI=1S/C22H40O6/c1-4-6-8-9-10-11-12-13-20(23)26-17-19-18-27-22(3,28-19)15-14-21(24)25-16-7-5-2/h19H,4-18H2,1-3H3. The van der Waals surface area contributed by atoms with Gasteiger partial charge in [-0.05, 0) is 19.8 Å². The summed E-state index contributed by atoms with van der Waals surface area (Å²) in [6.07, 6.45) is 11.0. The van der Waals surface area contributed by atoms with E-state index in [-0.39, 0.29) is 31.1 Å². The van der Waals surface area contributed by atoms with Crippen molar-refractivity contribution >= 4 is 11.9 Å². The second kappa shape index (κ2) is 14.8. The predicted octanol–water partition coefficient (Wildman–Crippen LogP) is 4.93. The summed E-state index contributed by atoms with van der Waals surface area (Å²) in [6, 6.07) is 0. The molecule has 6 nitrogen and oxygen atoms in total. The average molecular weight is 401 g/mol. The Morgan fingerprint density at radius 1 is 0.893 bits per heavy atom. The first-order chi connectivity index (χ1) is 13.5. The van der Waals surface area contributed by atoms with E-state index in [4.69, 9.17) is 18.9 Å². The minimum atomic E-state index is -0.820. The smallest absolute Gasteiger partial charge is 0.305 e. The maximum absolute atomic E-state index is 11.9. The first-order valence-electron chi connectivity index (χ1n) is 11.1. The largest absolute Gasteiger partial charge is 0.466 e. The number of carbonyl (C=O) groups is 2. The maximum Gasteiger partial charge on any atom is 0.305 e. The van der Waals surface area contributed by atoms with E-state index in [1.54, 1.807) is 0 Å². The van der Waals surface area contributed by atoms with Crippen LogP contribution in [0.15, 0.2) is 0 Å². The zero-order valence-electron chi connectivity index (χ0n) is 18.1. The SMILES string of the molecule is CCCCCCCCCC(=O)OCC1COC(C)(CCC(=O)OCCCC)O1. The molecule has 1 heterocycles. The molecule has 6 heteroatoms. The molecule has 0 radical (unpaired) electrons. The van der Waals surface area contributed by atoms with Crippen molar-refractivity contribution in [1.29, 1.82) is 0 Å². The van der Waals surface area contributed by atoms with Gasteiger partial charge in [0, 0.05) is 12.8 Å². The lowest BCUT2D eigenvalue weighted by Crippen LogP contribution is -2.29. The third-order valence-electron chi connectivity index (χ3n) is 4.95. The van der Waals surface area contributed by atoms with Gasteiger partial charge in [-0.15, -0.1) is 0 Å². The molecule has 1 saturated heterocycles. The number of hydrogen-bond acceptors (Lipinski definition) is 6. The number of hydrogen-bond donors (Lipinski definition) is 0. The molecule has 1 aliphatic rings. The number of unbranched alkanes of at least 4 members (excludes halogenated alkanes) is 7. The van der Waals surface area contributed by atoms with Gasteiger partial charge >= 0.3 is 11.9 Å². The Bertz CT molecular complexity index is 439. The summed E-state index contributed by atoms with van der Waals surface area (Å²) >= 11 is 0. The van der Waals surface area contributed by atoms with Gasteiger partial charge in [0.1, 0.15) is 12.7 Å². The monoisotopic (exact) mass is 400 g/mol. The zero-order chi connectivity index (χ0) is 20.7. The lowest BCUT2D eigenvalue weighted by atomic mass is 10.1. The summed E-state index contributed by atoms with van der Waals surface area (Å²) in [5.41, 5.74) is 0. The van der Waals surface area contributed by atoms with Crippen LogP contribution in [0, 0.1) is 0 Å². The molecule has 1 rings (SSSR count). The van der Waals surface area contributed by atoms with Crippen LogP contribution in [-0.2, 0) is 28.5 Å². The summed E-state index contributed by atoms with van der Waals surface area (Å²) in [5, 5.41) is 0. The van der Waals surface area contributed by atoms with Crippen molar-refractivity contribution in [2.45, 2.75) is 110 Å². The molecule has 1 fully saturated rings. The van der Waals surface area contributed by atoms with Crippen molar-refractivity contribution in [3.05, 3.63) is 0 Å². The summed E-state index contributed by atoms with van der Waals surface area (Å²) in [5.74, 6) is -1.23. The second-order valence-corrected chi connectivity index (χ2v) is 7.81. The highest BCUT2D eigenvalue weighted by Gasteiger charge is 2.38. The molecule has 0 N–H and O–H groups in total. The van der Waals surface area contributed by atoms with E-state index >= 15 is 0 Å². The Morgan fingerprint density at radius 3 is 2.25 bits per heavy atom. The Hall–Kier alpha value is -1.14. The molecule has 28 heavy (non-hydrogen) atoms. The number of rotatable bonds is 16. The Kier molecular flexibility index (Phi) is 13.2. The van der Waals surface area contributed by atoms with Crippen molar-refractivity contribution < 1.29 is 28.5 Å². The molecule has 164 valence electrons. The highest BCUT2D eigenvalue weighted by molar-refractivity contribution is 5.69. The fourth-order valence-corrected chi connectivity index (χ4v) is 3.12. The summed E-state index contributed by atoms with van der Waals surface area (Å²) in [4.78, 5) is 23.6. The van der Waals surface area contributed by atoms with Crippen LogP contribution in [0.2, 0.25) is 0 Å². The molecule has 0 aliphatic carbocycles. The van der Waals surface area contributed by atoms with E-state index in [1.807, 2.05) is 6.92 Å². The van der Waals surface area contributed by atoms with Gasteiger partial charge in [0.25, 0.3) is 0 Å². The zero-order valence-corrected chi connectivity index (χ0v) is 18.1. The van der Waals surface area contributed by atoms with E-state index in [0.717, 1.165) is 25.7 Å². The molecular formula is C22H40O6. The summed E-state index contributed by atoms with van der Waals surface area (Å²) in [7, 11) is 0. The molecule has 0 bridgehead atoms. The lowest BCUT2D eigenvalue weighted by Gasteiger charge is -2.22. The van der Waals surface area contributed by atoms with Gasteiger partial charge in [0.05, 0.1) is 19.6 Å². The highest BCUT2D eigenvalue weighted by Crippen LogP contribution is 2.28. The third kappa shape index (κ3) is 11.6. The van der Waals surface area contributed by atoms with E-state index in [0.29, 0.717) is 26.1 Å². The molecular weight excluding hydrogens is 360 g/mol. The van der Waals surface area contributed by atoms with Gasteiger partial charge in [-0.1, -0.05) is 58.8 Å². The maximum atomic E-state index is 11.9. The van der Waals surface area contributed by atoms with Crippen LogP contribution in [0.4, 0.5) is 0 Å². The van der Waals surface area contributed by atoms with E-state index in [1.165, 1.54) is 32.1 Å². The molecule has 2 unspecified atom stereocenters. The van der Waals surface area contributed by atoms with Crippen molar-refractivity contribution in [2.24, 2.45) is 0 Å². The molecule has 0 amide bonds. The van der Waals surface area contributed by atoms with Crippen molar-refractivity contribution in [1.82, 2.24) is 0 Å². The number of carbonyl (C=O) groups excluding carboxylic acids is 2. The lowest BCUT2D eigenvalue weighted by molar-refractivity contribution is -0.174. The quantitative estimate of drug-likeness (QED) is 0.270. The van der Waals surface area contributed by atoms with E-state index in [9.17, 15) is 9.59 Å². The van der Waals surface area contributed by atoms with Crippen LogP contribution in [0.25, 0.3) is 0 Å². The molecule has 0 saturated carbocycles. The van der Waals surface area contributed by atoms with Gasteiger partial charge in [0.15, 0.2) is 5.79 Å². The normalized spacial score (nSPS) is 21.6. The number of ether oxygens (including phenoxy) is 4. The van der Waals surface area contributed by atoms with Gasteiger partial charge in [-0.25, -0.2) is 0 Å². The van der Waals surface area contributed by atoms with Crippen LogP contribution < -0.4 is 0 Å². The molecule has 2 atom stereocenters. The Labute approximate surface area is 170 Å². The van der Waals surface area contributed by atoms with Crippen LogP contribution in [-0.4, -0.2) is 43.7 Å². The predicted molar refractivity (Wildman–Crippen MR) is 108 cm³/mol. The van der Waals surface area contributed by atoms with E-state index in [2.05, 4.69) is 13.8 Å². The Balaban J connectivity index is 2.09. The first-order valence-corrected chi connectivity index (χ1v) is 11.1. The average Bonchev–Trinajstić information content (AvgIpc) is 3.06. The molecule has 1 aliphatic heterocycles. The fourth-order valence-electron chi connectivity index (χ4n) is 3.12.